The van der Waals surface area contributed by atoms with E-state index >= 15 is 0 Å². The molecule has 0 radical (unpaired) electrons. The second-order valence-electron chi connectivity index (χ2n) is 11.4. The number of phenolic OH excluding ortho intramolecular Hbond substituents is 5. The Morgan fingerprint density at radius 2 is 1.08 bits per heavy atom. The van der Waals surface area contributed by atoms with E-state index in [1.807, 2.05) is 6.07 Å². The van der Waals surface area contributed by atoms with Crippen molar-refractivity contribution in [3.63, 3.8) is 0 Å². The minimum Gasteiger partial charge on any atom is -0.504 e. The first-order valence-electron chi connectivity index (χ1n) is 15.2. The fourth-order valence-corrected chi connectivity index (χ4v) is 5.40. The summed E-state index contributed by atoms with van der Waals surface area (Å²) in [7, 11) is 0. The zero-order valence-electron chi connectivity index (χ0n) is 26.4. The normalized spacial score (nSPS) is 19.9. The molecule has 268 valence electrons. The molecule has 1 aliphatic heterocycles. The molecule has 1 fully saturated rings. The number of rotatable bonds is 5. The van der Waals surface area contributed by atoms with Gasteiger partial charge in [-0.05, 0) is 0 Å². The van der Waals surface area contributed by atoms with Gasteiger partial charge in [0.1, 0.15) is 51.8 Å². The molecule has 0 spiro atoms. The number of ether oxygens (including phenoxy) is 2. The van der Waals surface area contributed by atoms with Crippen LogP contribution < -0.4 is 15.6 Å². The van der Waals surface area contributed by atoms with Crippen LogP contribution in [0.4, 0.5) is 0 Å². The van der Waals surface area contributed by atoms with Crippen LogP contribution >= 0.6 is 0 Å². The number of hydrogen-bond acceptors (Lipinski definition) is 15. The van der Waals surface area contributed by atoms with Crippen LogP contribution in [0.25, 0.3) is 44.6 Å². The van der Waals surface area contributed by atoms with Crippen LogP contribution in [-0.2, 0) is 9.53 Å². The second kappa shape index (κ2) is 14.0. The number of hydrogen-bond donors (Lipinski definition) is 9. The number of aliphatic hydroxyl groups excluding tert-OH is 3. The number of carboxylic acids is 1. The summed E-state index contributed by atoms with van der Waals surface area (Å²) < 4.78 is 21.5. The molecule has 0 bridgehead atoms. The highest BCUT2D eigenvalue weighted by molar-refractivity contribution is 5.90. The molecule has 1 saturated heterocycles. The summed E-state index contributed by atoms with van der Waals surface area (Å²) in [5, 5.41) is 87.7. The minimum absolute atomic E-state index is 0.00385. The average molecular weight is 717 g/mol. The van der Waals surface area contributed by atoms with Crippen LogP contribution in [0.5, 0.6) is 34.5 Å². The van der Waals surface area contributed by atoms with Gasteiger partial charge in [-0.3, -0.25) is 9.59 Å². The lowest BCUT2D eigenvalue weighted by atomic mass is 9.99. The molecule has 0 unspecified atom stereocenters. The molecule has 3 heterocycles. The van der Waals surface area contributed by atoms with Gasteiger partial charge >= 0.3 is 5.97 Å². The first-order valence-corrected chi connectivity index (χ1v) is 15.2. The minimum atomic E-state index is -1.94. The number of phenols is 5. The van der Waals surface area contributed by atoms with Gasteiger partial charge in [0.15, 0.2) is 40.0 Å². The molecule has 16 nitrogen and oxygen atoms in total. The number of benzene rings is 4. The first-order chi connectivity index (χ1) is 24.8. The van der Waals surface area contributed by atoms with E-state index in [2.05, 4.69) is 0 Å². The maximum atomic E-state index is 12.5. The summed E-state index contributed by atoms with van der Waals surface area (Å²) in [4.78, 5) is 35.8. The van der Waals surface area contributed by atoms with Crippen molar-refractivity contribution < 1.29 is 69.1 Å². The Morgan fingerprint density at radius 3 is 1.58 bits per heavy atom. The molecule has 1 aliphatic rings. The quantitative estimate of drug-likeness (QED) is 0.116. The van der Waals surface area contributed by atoms with Gasteiger partial charge in [0.25, 0.3) is 0 Å². The van der Waals surface area contributed by atoms with Gasteiger partial charge in [0.05, 0.1) is 0 Å². The van der Waals surface area contributed by atoms with Crippen molar-refractivity contribution in [1.82, 2.24) is 0 Å². The van der Waals surface area contributed by atoms with Gasteiger partial charge in [-0.25, -0.2) is 4.79 Å². The summed E-state index contributed by atoms with van der Waals surface area (Å²) in [5.41, 5.74) is -0.0696. The predicted octanol–water partition coefficient (Wildman–Crippen LogP) is 2.72. The van der Waals surface area contributed by atoms with E-state index < -0.39 is 82.0 Å². The maximum Gasteiger partial charge on any atom is 0.335 e. The Balaban J connectivity index is 0.000000198. The van der Waals surface area contributed by atoms with Gasteiger partial charge < -0.3 is 64.3 Å². The number of aliphatic carboxylic acids is 1. The van der Waals surface area contributed by atoms with Crippen molar-refractivity contribution in [3.8, 4) is 57.1 Å². The van der Waals surface area contributed by atoms with Crippen molar-refractivity contribution in [3.05, 3.63) is 105 Å². The van der Waals surface area contributed by atoms with Gasteiger partial charge in [0.2, 0.25) is 17.8 Å². The Morgan fingerprint density at radius 1 is 0.596 bits per heavy atom. The highest BCUT2D eigenvalue weighted by Crippen LogP contribution is 2.43. The number of fused-ring (bicyclic) bond motifs is 2. The largest absolute Gasteiger partial charge is 0.504 e. The van der Waals surface area contributed by atoms with Crippen LogP contribution in [0.15, 0.2) is 103 Å². The van der Waals surface area contributed by atoms with E-state index in [9.17, 15) is 55.2 Å². The smallest absolute Gasteiger partial charge is 0.335 e. The van der Waals surface area contributed by atoms with Gasteiger partial charge in [-0.1, -0.05) is 60.7 Å². The van der Waals surface area contributed by atoms with E-state index in [1.54, 1.807) is 54.6 Å². The Bertz CT molecular complexity index is 2400. The zero-order valence-corrected chi connectivity index (χ0v) is 26.4. The maximum absolute atomic E-state index is 12.5. The lowest BCUT2D eigenvalue weighted by Gasteiger charge is -2.38. The molecule has 4 aromatic carbocycles. The summed E-state index contributed by atoms with van der Waals surface area (Å²) in [6, 6.07) is 22.1. The van der Waals surface area contributed by atoms with E-state index in [0.29, 0.717) is 16.9 Å². The van der Waals surface area contributed by atoms with Crippen molar-refractivity contribution in [2.45, 2.75) is 30.7 Å². The molecular weight excluding hydrogens is 688 g/mol. The van der Waals surface area contributed by atoms with Crippen LogP contribution in [-0.4, -0.2) is 82.6 Å². The van der Waals surface area contributed by atoms with Gasteiger partial charge in [-0.2, -0.15) is 0 Å². The molecule has 0 aliphatic carbocycles. The first kappa shape index (κ1) is 35.2. The summed E-state index contributed by atoms with van der Waals surface area (Å²) in [5.74, 6) is -5.42. The fourth-order valence-electron chi connectivity index (χ4n) is 5.40. The standard InChI is InChI=1S/C21H18O11.C15H10O5/c22-9-6-10(8-4-2-1-3-5-8)30-11-7-12(14(23)15(24)13(9)11)31-21-18(27)16(25)17(26)19(32-21)20(28)29;16-9-6-11(8-4-2-1-3-5-8)20-12-7-10(17)14(18)15(19)13(9)12/h1-7,16-19,21,23-27H,(H,28,29);1-7,17-19H/t16-,17-,18+,19-,21+;/m0./s1. The molecular formula is C36H28O16. The molecule has 9 N–H and O–H groups in total. The molecule has 0 amide bonds. The molecule has 5 atom stereocenters. The second-order valence-corrected chi connectivity index (χ2v) is 11.4. The lowest BCUT2D eigenvalue weighted by Crippen LogP contribution is -2.61. The summed E-state index contributed by atoms with van der Waals surface area (Å²) >= 11 is 0. The van der Waals surface area contributed by atoms with Crippen LogP contribution in [0.2, 0.25) is 0 Å². The van der Waals surface area contributed by atoms with E-state index in [-0.39, 0.29) is 27.7 Å². The summed E-state index contributed by atoms with van der Waals surface area (Å²) in [6.07, 6.45) is -9.56. The third kappa shape index (κ3) is 6.52. The number of carbonyl (C=O) groups is 1. The van der Waals surface area contributed by atoms with Gasteiger partial charge in [0, 0.05) is 35.4 Å². The lowest BCUT2D eigenvalue weighted by molar-refractivity contribution is -0.271. The van der Waals surface area contributed by atoms with E-state index in [4.69, 9.17) is 23.4 Å². The van der Waals surface area contributed by atoms with Crippen molar-refractivity contribution >= 4 is 27.9 Å². The molecule has 2 aromatic heterocycles. The third-order valence-electron chi connectivity index (χ3n) is 8.05. The molecule has 7 rings (SSSR count). The van der Waals surface area contributed by atoms with Gasteiger partial charge in [-0.15, -0.1) is 0 Å². The van der Waals surface area contributed by atoms with Crippen molar-refractivity contribution in [1.29, 1.82) is 0 Å². The van der Waals surface area contributed by atoms with Crippen LogP contribution in [0, 0.1) is 0 Å². The molecule has 52 heavy (non-hydrogen) atoms. The number of aliphatic hydroxyl groups is 3. The van der Waals surface area contributed by atoms with Crippen LogP contribution in [0.3, 0.4) is 0 Å². The van der Waals surface area contributed by atoms with Crippen molar-refractivity contribution in [2.24, 2.45) is 0 Å². The highest BCUT2D eigenvalue weighted by atomic mass is 16.7. The van der Waals surface area contributed by atoms with E-state index in [0.717, 1.165) is 18.2 Å². The summed E-state index contributed by atoms with van der Waals surface area (Å²) in [6.45, 7) is 0. The zero-order chi connectivity index (χ0) is 37.4. The van der Waals surface area contributed by atoms with E-state index in [1.165, 1.54) is 6.07 Å². The number of carboxylic acid groups (broad SMARTS) is 1. The topological polar surface area (TPSA) is 278 Å². The molecule has 0 saturated carbocycles. The van der Waals surface area contributed by atoms with Crippen molar-refractivity contribution in [2.75, 3.05) is 0 Å². The SMILES string of the molecule is O=C(O)[C@H]1O[C@@H](Oc2cc3oc(-c4ccccc4)cc(=O)c3c(O)c2O)[C@H](O)[C@@H](O)[C@@H]1O.O=c1cc(-c2ccccc2)oc2cc(O)c(O)c(O)c12. The Labute approximate surface area is 290 Å². The molecule has 16 heteroatoms. The Hall–Kier alpha value is -6.59. The van der Waals surface area contributed by atoms with Crippen LogP contribution in [0.1, 0.15) is 0 Å². The predicted molar refractivity (Wildman–Crippen MR) is 179 cm³/mol. The monoisotopic (exact) mass is 716 g/mol. The number of aromatic hydroxyl groups is 5. The molecule has 6 aromatic rings. The fraction of sp³-hybridized carbons (Fsp3) is 0.139. The average Bonchev–Trinajstić information content (AvgIpc) is 3.13. The highest BCUT2D eigenvalue weighted by Gasteiger charge is 2.48. The third-order valence-corrected chi connectivity index (χ3v) is 8.05. The Kier molecular flexibility index (Phi) is 9.47.